The zero-order valence-corrected chi connectivity index (χ0v) is 30.3. The highest BCUT2D eigenvalue weighted by atomic mass is 16.3. The van der Waals surface area contributed by atoms with Gasteiger partial charge in [0.15, 0.2) is 5.82 Å². The molecular weight excluding hydrogens is 683 g/mol. The quantitative estimate of drug-likeness (QED) is 0.172. The maximum atomic E-state index is 6.42. The molecule has 0 aliphatic heterocycles. The minimum atomic E-state index is 0.576. The molecule has 0 atom stereocenters. The van der Waals surface area contributed by atoms with Crippen molar-refractivity contribution in [3.8, 4) is 61.7 Å². The lowest BCUT2D eigenvalue weighted by atomic mass is 9.97. The molecule has 4 nitrogen and oxygen atoms in total. The predicted octanol–water partition coefficient (Wildman–Crippen LogP) is 13.8. The first-order chi connectivity index (χ1) is 27.8. The third-order valence-corrected chi connectivity index (χ3v) is 10.8. The van der Waals surface area contributed by atoms with E-state index < -0.39 is 0 Å². The van der Waals surface area contributed by atoms with Crippen molar-refractivity contribution in [1.82, 2.24) is 14.5 Å². The number of benzene rings is 8. The van der Waals surface area contributed by atoms with Gasteiger partial charge >= 0.3 is 0 Å². The second kappa shape index (κ2) is 13.1. The van der Waals surface area contributed by atoms with Crippen molar-refractivity contribution in [2.75, 3.05) is 0 Å². The number of hydrogen-bond donors (Lipinski definition) is 0. The van der Waals surface area contributed by atoms with Gasteiger partial charge in [-0.2, -0.15) is 4.98 Å². The second-order valence-electron chi connectivity index (χ2n) is 14.2. The molecule has 0 amide bonds. The van der Waals surface area contributed by atoms with Gasteiger partial charge in [-0.05, 0) is 69.8 Å². The first-order valence-corrected chi connectivity index (χ1v) is 18.9. The van der Waals surface area contributed by atoms with Crippen LogP contribution in [0.2, 0.25) is 0 Å². The highest BCUT2D eigenvalue weighted by Gasteiger charge is 2.20. The van der Waals surface area contributed by atoms with Crippen LogP contribution < -0.4 is 0 Å². The summed E-state index contributed by atoms with van der Waals surface area (Å²) < 4.78 is 8.81. The van der Waals surface area contributed by atoms with Crippen molar-refractivity contribution in [1.29, 1.82) is 0 Å². The Morgan fingerprint density at radius 2 is 0.964 bits per heavy atom. The molecule has 262 valence electrons. The molecule has 11 aromatic rings. The molecule has 0 bridgehead atoms. The molecule has 0 N–H and O–H groups in total. The normalized spacial score (nSPS) is 11.6. The van der Waals surface area contributed by atoms with Gasteiger partial charge in [-0.25, -0.2) is 4.98 Å². The van der Waals surface area contributed by atoms with E-state index in [2.05, 4.69) is 180 Å². The van der Waals surface area contributed by atoms with Crippen molar-refractivity contribution in [2.24, 2.45) is 0 Å². The molecule has 0 saturated carbocycles. The van der Waals surface area contributed by atoms with Gasteiger partial charge in [-0.15, -0.1) is 0 Å². The fourth-order valence-corrected chi connectivity index (χ4v) is 8.23. The summed E-state index contributed by atoms with van der Waals surface area (Å²) in [5.74, 6) is 0.618. The highest BCUT2D eigenvalue weighted by molar-refractivity contribution is 6.16. The van der Waals surface area contributed by atoms with Crippen LogP contribution >= 0.6 is 0 Å². The fraction of sp³-hybridized carbons (Fsp3) is 0. The van der Waals surface area contributed by atoms with Gasteiger partial charge in [0.05, 0.1) is 22.1 Å². The van der Waals surface area contributed by atoms with E-state index in [9.17, 15) is 0 Å². The number of aromatic nitrogens is 3. The topological polar surface area (TPSA) is 43.9 Å². The maximum absolute atomic E-state index is 6.42. The molecular formula is C52H33N3O. The highest BCUT2D eigenvalue weighted by Crippen LogP contribution is 2.41. The van der Waals surface area contributed by atoms with Crippen LogP contribution in [0, 0.1) is 0 Å². The Labute approximate surface area is 323 Å². The summed E-state index contributed by atoms with van der Waals surface area (Å²) in [6.45, 7) is 0. The first-order valence-electron chi connectivity index (χ1n) is 18.9. The Kier molecular flexibility index (Phi) is 7.46. The monoisotopic (exact) mass is 715 g/mol. The van der Waals surface area contributed by atoms with E-state index in [1.54, 1.807) is 0 Å². The van der Waals surface area contributed by atoms with Crippen LogP contribution in [0.1, 0.15) is 0 Å². The van der Waals surface area contributed by atoms with Crippen molar-refractivity contribution in [3.05, 3.63) is 200 Å². The smallest absolute Gasteiger partial charge is 0.231 e. The fourth-order valence-electron chi connectivity index (χ4n) is 8.23. The molecule has 8 aromatic carbocycles. The van der Waals surface area contributed by atoms with Gasteiger partial charge in [0, 0.05) is 33.0 Å². The summed E-state index contributed by atoms with van der Waals surface area (Å²) >= 11 is 0. The van der Waals surface area contributed by atoms with Crippen LogP contribution in [0.15, 0.2) is 205 Å². The summed E-state index contributed by atoms with van der Waals surface area (Å²) in [5.41, 5.74) is 14.6. The van der Waals surface area contributed by atoms with Gasteiger partial charge in [-0.1, -0.05) is 164 Å². The summed E-state index contributed by atoms with van der Waals surface area (Å²) in [6.07, 6.45) is 0. The first kappa shape index (κ1) is 31.9. The van der Waals surface area contributed by atoms with E-state index in [1.165, 1.54) is 27.5 Å². The molecule has 3 heterocycles. The van der Waals surface area contributed by atoms with E-state index in [0.717, 1.165) is 66.6 Å². The number of nitrogens with zero attached hydrogens (tertiary/aromatic N) is 3. The zero-order chi connectivity index (χ0) is 37.0. The summed E-state index contributed by atoms with van der Waals surface area (Å²) in [7, 11) is 0. The molecule has 0 unspecified atom stereocenters. The lowest BCUT2D eigenvalue weighted by Gasteiger charge is -2.11. The van der Waals surface area contributed by atoms with Crippen molar-refractivity contribution in [2.45, 2.75) is 0 Å². The molecule has 4 heteroatoms. The van der Waals surface area contributed by atoms with E-state index in [1.807, 2.05) is 24.3 Å². The number of para-hydroxylation sites is 2. The van der Waals surface area contributed by atoms with Crippen LogP contribution in [-0.2, 0) is 0 Å². The second-order valence-corrected chi connectivity index (χ2v) is 14.2. The molecule has 0 radical (unpaired) electrons. The van der Waals surface area contributed by atoms with Gasteiger partial charge in [0.2, 0.25) is 5.71 Å². The van der Waals surface area contributed by atoms with E-state index >= 15 is 0 Å². The van der Waals surface area contributed by atoms with Gasteiger partial charge < -0.3 is 8.98 Å². The van der Waals surface area contributed by atoms with Crippen molar-refractivity contribution < 1.29 is 4.42 Å². The SMILES string of the molecule is c1ccc(-c2ccc(-c3nc(-c4cccc(-c5cccc6c5c5ccccc5n6-c5cccc(-c6ccccc6)c5)c4)nc4oc5ccccc5c34)cc2)cc1. The van der Waals surface area contributed by atoms with Gasteiger partial charge in [0.25, 0.3) is 0 Å². The Balaban J connectivity index is 1.07. The average Bonchev–Trinajstić information content (AvgIpc) is 3.83. The Morgan fingerprint density at radius 1 is 0.375 bits per heavy atom. The standard InChI is InChI=1S/C52H33N3O/c1-3-14-34(15-4-1)36-28-30-37(31-29-36)50-49-44-23-8-10-27-47(44)56-52(49)54-51(53-50)40-20-11-19-39(32-40)42-24-13-26-46-48(42)43-22-7-9-25-45(43)55(46)41-21-12-18-38(33-41)35-16-5-2-6-17-35/h1-33H. The van der Waals surface area contributed by atoms with Crippen molar-refractivity contribution >= 4 is 43.9 Å². The summed E-state index contributed by atoms with van der Waals surface area (Å²) in [4.78, 5) is 10.4. The van der Waals surface area contributed by atoms with Crippen LogP contribution in [0.5, 0.6) is 0 Å². The maximum Gasteiger partial charge on any atom is 0.231 e. The minimum absolute atomic E-state index is 0.576. The van der Waals surface area contributed by atoms with E-state index in [-0.39, 0.29) is 0 Å². The average molecular weight is 716 g/mol. The van der Waals surface area contributed by atoms with Crippen LogP contribution in [0.3, 0.4) is 0 Å². The van der Waals surface area contributed by atoms with E-state index in [4.69, 9.17) is 14.4 Å². The molecule has 11 rings (SSSR count). The van der Waals surface area contributed by atoms with Crippen LogP contribution in [0.4, 0.5) is 0 Å². The lowest BCUT2D eigenvalue weighted by Crippen LogP contribution is -1.95. The molecule has 56 heavy (non-hydrogen) atoms. The Hall–Kier alpha value is -7.56. The Morgan fingerprint density at radius 3 is 1.79 bits per heavy atom. The lowest BCUT2D eigenvalue weighted by molar-refractivity contribution is 0.653. The zero-order valence-electron chi connectivity index (χ0n) is 30.3. The molecule has 0 fully saturated rings. The minimum Gasteiger partial charge on any atom is -0.438 e. The molecule has 0 spiro atoms. The third-order valence-electron chi connectivity index (χ3n) is 10.8. The van der Waals surface area contributed by atoms with Crippen LogP contribution in [-0.4, -0.2) is 14.5 Å². The Bertz CT molecular complexity index is 3230. The number of rotatable bonds is 6. The molecule has 0 aliphatic rings. The molecule has 3 aromatic heterocycles. The van der Waals surface area contributed by atoms with E-state index in [0.29, 0.717) is 11.5 Å². The molecule has 0 saturated heterocycles. The summed E-state index contributed by atoms with van der Waals surface area (Å²) in [5, 5.41) is 4.33. The van der Waals surface area contributed by atoms with Gasteiger partial charge in [0.1, 0.15) is 5.58 Å². The molecule has 0 aliphatic carbocycles. The number of furan rings is 1. The number of fused-ring (bicyclic) bond motifs is 6. The van der Waals surface area contributed by atoms with Gasteiger partial charge in [-0.3, -0.25) is 0 Å². The number of hydrogen-bond acceptors (Lipinski definition) is 3. The largest absolute Gasteiger partial charge is 0.438 e. The summed E-state index contributed by atoms with van der Waals surface area (Å²) in [6, 6.07) is 70.5. The van der Waals surface area contributed by atoms with Crippen LogP contribution in [0.25, 0.3) is 106 Å². The predicted molar refractivity (Wildman–Crippen MR) is 231 cm³/mol. The third kappa shape index (κ3) is 5.31. The van der Waals surface area contributed by atoms with Crippen molar-refractivity contribution in [3.63, 3.8) is 0 Å².